The Morgan fingerprint density at radius 1 is 1.29 bits per heavy atom. The minimum atomic E-state index is -0.537. The van der Waals surface area contributed by atoms with E-state index in [1.165, 1.54) is 39.2 Å². The molecule has 0 amide bonds. The molecule has 2 aliphatic heterocycles. The van der Waals surface area contributed by atoms with Crippen LogP contribution in [0.4, 0.5) is 15.8 Å². The van der Waals surface area contributed by atoms with Gasteiger partial charge in [-0.3, -0.25) is 0 Å². The van der Waals surface area contributed by atoms with Crippen LogP contribution in [0, 0.1) is 28.7 Å². The van der Waals surface area contributed by atoms with Crippen LogP contribution in [0.3, 0.4) is 0 Å². The van der Waals surface area contributed by atoms with Gasteiger partial charge in [0, 0.05) is 36.2 Å². The number of azo groups is 1. The number of rotatable bonds is 14. The Labute approximate surface area is 270 Å². The molecule has 11 heteroatoms. The molecule has 0 spiro atoms. The Balaban J connectivity index is 1.69. The van der Waals surface area contributed by atoms with Crippen LogP contribution in [0.1, 0.15) is 77.2 Å². The zero-order chi connectivity index (χ0) is 32.0. The molecule has 2 aromatic rings. The number of hydrogen-bond donors (Lipinski definition) is 2. The van der Waals surface area contributed by atoms with E-state index in [4.69, 9.17) is 26.1 Å². The molecule has 244 valence electrons. The minimum Gasteiger partial charge on any atom is -0.480 e. The second-order valence-corrected chi connectivity index (χ2v) is 12.7. The number of fused-ring (bicyclic) bond motifs is 2. The first-order valence-corrected chi connectivity index (χ1v) is 16.8. The second kappa shape index (κ2) is 15.0. The number of nitrogens with one attached hydrogen (secondary N) is 2. The highest BCUT2D eigenvalue weighted by Gasteiger charge is 2.43. The number of pyridine rings is 1. The standard InChI is InChI=1S/C34H47ClFN7O2/c1-6-8-18-43(21-45-7-2)32(37-4)27-30(39-17-11-15-34-13-9-12-25(34)38-16-10-14-34)29(36)31(41-33(27)44-5)26-23-20-40-42-24(23)19-22(3)28(26)35/h19-20,25,38-39H,4,6-18,21H2,1-3,5H3/b31-26+,32-27-. The van der Waals surface area contributed by atoms with Crippen LogP contribution < -0.4 is 25.8 Å². The maximum atomic E-state index is 17.1. The Bertz CT molecular complexity index is 1640. The zero-order valence-corrected chi connectivity index (χ0v) is 27.9. The molecular weight excluding hydrogens is 593 g/mol. The monoisotopic (exact) mass is 639 g/mol. The quantitative estimate of drug-likeness (QED) is 0.143. The summed E-state index contributed by atoms with van der Waals surface area (Å²) in [6.45, 7) is 13.0. The Morgan fingerprint density at radius 3 is 2.87 bits per heavy atom. The van der Waals surface area contributed by atoms with E-state index in [1.54, 1.807) is 6.20 Å². The third kappa shape index (κ3) is 6.74. The van der Waals surface area contributed by atoms with Gasteiger partial charge < -0.3 is 25.0 Å². The predicted octanol–water partition coefficient (Wildman–Crippen LogP) is 6.29. The van der Waals surface area contributed by atoms with E-state index in [2.05, 4.69) is 39.5 Å². The van der Waals surface area contributed by atoms with Crippen LogP contribution in [-0.4, -0.2) is 62.7 Å². The summed E-state index contributed by atoms with van der Waals surface area (Å²) in [5.74, 6) is 0.140. The van der Waals surface area contributed by atoms with Gasteiger partial charge >= 0.3 is 0 Å². The molecule has 9 nitrogen and oxygen atoms in total. The normalized spacial score (nSPS) is 21.6. The Kier molecular flexibility index (Phi) is 11.1. The summed E-state index contributed by atoms with van der Waals surface area (Å²) < 4.78 is 28.8. The van der Waals surface area contributed by atoms with Crippen molar-refractivity contribution in [1.82, 2.24) is 15.2 Å². The van der Waals surface area contributed by atoms with Crippen molar-refractivity contribution in [3.05, 3.63) is 43.5 Å². The van der Waals surface area contributed by atoms with Crippen molar-refractivity contribution in [2.24, 2.45) is 20.6 Å². The van der Waals surface area contributed by atoms with Crippen molar-refractivity contribution in [2.75, 3.05) is 45.4 Å². The first-order chi connectivity index (χ1) is 21.9. The molecular formula is C34H47ClFN7O2. The van der Waals surface area contributed by atoms with Gasteiger partial charge in [-0.05, 0) is 89.1 Å². The van der Waals surface area contributed by atoms with E-state index in [0.29, 0.717) is 63.3 Å². The maximum absolute atomic E-state index is 17.1. The van der Waals surface area contributed by atoms with Crippen molar-refractivity contribution in [3.63, 3.8) is 0 Å². The average molecular weight is 640 g/mol. The molecule has 1 aromatic carbocycles. The zero-order valence-electron chi connectivity index (χ0n) is 27.1. The number of aliphatic imine (C=N–C) groups is 1. The fourth-order valence-electron chi connectivity index (χ4n) is 7.28. The number of aryl methyl sites for hydroxylation is 1. The first kappa shape index (κ1) is 33.3. The van der Waals surface area contributed by atoms with Gasteiger partial charge in [0.2, 0.25) is 5.88 Å². The molecule has 5 rings (SSSR count). The molecule has 1 saturated heterocycles. The average Bonchev–Trinajstić information content (AvgIpc) is 3.69. The number of hydrogen-bond acceptors (Lipinski definition) is 9. The van der Waals surface area contributed by atoms with Crippen LogP contribution in [-0.2, 0) is 4.74 Å². The lowest BCUT2D eigenvalue weighted by atomic mass is 9.72. The van der Waals surface area contributed by atoms with Gasteiger partial charge in [0.1, 0.15) is 23.1 Å². The van der Waals surface area contributed by atoms with Gasteiger partial charge in [-0.1, -0.05) is 31.4 Å². The van der Waals surface area contributed by atoms with E-state index in [1.807, 2.05) is 24.8 Å². The summed E-state index contributed by atoms with van der Waals surface area (Å²) >= 11 is 6.85. The highest BCUT2D eigenvalue weighted by atomic mass is 35.5. The number of halogens is 2. The van der Waals surface area contributed by atoms with Crippen LogP contribution >= 0.6 is 11.6 Å². The summed E-state index contributed by atoms with van der Waals surface area (Å²) in [5, 5.41) is 17.5. The number of unbranched alkanes of at least 4 members (excludes halogenated alkanes) is 1. The number of ether oxygens (including phenoxy) is 2. The number of methoxy groups -OCH3 is 1. The van der Waals surface area contributed by atoms with Crippen LogP contribution in [0.5, 0.6) is 5.88 Å². The number of piperidine rings is 1. The van der Waals surface area contributed by atoms with Gasteiger partial charge in [0.15, 0.2) is 5.82 Å². The highest BCUT2D eigenvalue weighted by Crippen LogP contribution is 2.47. The molecule has 0 bridgehead atoms. The number of nitrogens with zero attached hydrogens (tertiary/aromatic N) is 5. The molecule has 2 atom stereocenters. The lowest BCUT2D eigenvalue weighted by molar-refractivity contribution is 0.0661. The third-order valence-corrected chi connectivity index (χ3v) is 10.0. The van der Waals surface area contributed by atoms with Gasteiger partial charge in [-0.2, -0.15) is 10.2 Å². The van der Waals surface area contributed by atoms with Gasteiger partial charge in [0.25, 0.3) is 0 Å². The fraction of sp³-hybridized carbons (Fsp3) is 0.588. The second-order valence-electron chi connectivity index (χ2n) is 12.3. The molecule has 0 radical (unpaired) electrons. The van der Waals surface area contributed by atoms with Gasteiger partial charge in [0.05, 0.1) is 29.7 Å². The third-order valence-electron chi connectivity index (χ3n) is 9.56. The van der Waals surface area contributed by atoms with Crippen molar-refractivity contribution in [1.29, 1.82) is 0 Å². The van der Waals surface area contributed by atoms with Crippen LogP contribution in [0.15, 0.2) is 21.3 Å². The summed E-state index contributed by atoms with van der Waals surface area (Å²) in [6.07, 6.45) is 11.7. The maximum Gasteiger partial charge on any atom is 0.227 e. The number of aromatic nitrogens is 1. The van der Waals surface area contributed by atoms with E-state index in [-0.39, 0.29) is 23.6 Å². The van der Waals surface area contributed by atoms with Crippen LogP contribution in [0.2, 0.25) is 5.02 Å². The van der Waals surface area contributed by atoms with Crippen LogP contribution in [0.25, 0.3) is 12.0 Å². The number of benzene rings is 1. The van der Waals surface area contributed by atoms with Gasteiger partial charge in [-0.15, -0.1) is 0 Å². The summed E-state index contributed by atoms with van der Waals surface area (Å²) in [5.41, 5.74) is 1.97. The molecule has 1 saturated carbocycles. The van der Waals surface area contributed by atoms with Crippen molar-refractivity contribution in [2.45, 2.75) is 84.6 Å². The molecule has 2 unspecified atom stereocenters. The smallest absolute Gasteiger partial charge is 0.227 e. The summed E-state index contributed by atoms with van der Waals surface area (Å²) in [4.78, 5) is 11.1. The fourth-order valence-corrected chi connectivity index (χ4v) is 7.53. The molecule has 1 aromatic heterocycles. The van der Waals surface area contributed by atoms with Crippen molar-refractivity contribution >= 4 is 41.7 Å². The molecule has 2 N–H and O–H groups in total. The predicted molar refractivity (Wildman–Crippen MR) is 179 cm³/mol. The largest absolute Gasteiger partial charge is 0.480 e. The number of anilines is 1. The summed E-state index contributed by atoms with van der Waals surface area (Å²) in [6, 6.07) is 2.43. The molecule has 45 heavy (non-hydrogen) atoms. The van der Waals surface area contributed by atoms with Crippen molar-refractivity contribution in [3.8, 4) is 5.88 Å². The van der Waals surface area contributed by atoms with E-state index < -0.39 is 5.82 Å². The lowest BCUT2D eigenvalue weighted by Gasteiger charge is -2.40. The Hall–Kier alpha value is -3.08. The van der Waals surface area contributed by atoms with E-state index in [9.17, 15) is 0 Å². The Morgan fingerprint density at radius 2 is 2.11 bits per heavy atom. The summed E-state index contributed by atoms with van der Waals surface area (Å²) in [7, 11) is 1.53. The van der Waals surface area contributed by atoms with Gasteiger partial charge in [-0.25, -0.2) is 14.4 Å². The minimum absolute atomic E-state index is 0.0749. The molecule has 3 aliphatic rings. The topological polar surface area (TPSA) is 95.7 Å². The van der Waals surface area contributed by atoms with E-state index in [0.717, 1.165) is 37.8 Å². The van der Waals surface area contributed by atoms with E-state index >= 15 is 4.39 Å². The first-order valence-electron chi connectivity index (χ1n) is 16.4. The van der Waals surface area contributed by atoms with Crippen molar-refractivity contribution < 1.29 is 13.9 Å². The molecule has 3 heterocycles. The lowest BCUT2D eigenvalue weighted by Crippen LogP contribution is -2.46. The molecule has 1 aliphatic carbocycles. The highest BCUT2D eigenvalue weighted by molar-refractivity contribution is 6.31. The SMILES string of the molecule is C=N/C(=c1/c(OC)n/c(=c2/c(Cl)c(C)cc3c2=CN=N3)c(F)c1NCCCC12CCCNC1CCC2)N(CCCC)COCC. The molecule has 2 fully saturated rings.